The maximum absolute atomic E-state index is 3.80. The van der Waals surface area contributed by atoms with Gasteiger partial charge in [0.2, 0.25) is 0 Å². The molecule has 1 aliphatic heterocycles. The van der Waals surface area contributed by atoms with Gasteiger partial charge >= 0.3 is 0 Å². The van der Waals surface area contributed by atoms with Gasteiger partial charge in [0.25, 0.3) is 0 Å². The summed E-state index contributed by atoms with van der Waals surface area (Å²) in [7, 11) is 0. The highest BCUT2D eigenvalue weighted by atomic mass is 15.2. The van der Waals surface area contributed by atoms with E-state index in [1.54, 1.807) is 0 Å². The Kier molecular flexibility index (Phi) is 5.47. The van der Waals surface area contributed by atoms with Crippen molar-refractivity contribution in [2.75, 3.05) is 13.1 Å². The quantitative estimate of drug-likeness (QED) is 0.896. The van der Waals surface area contributed by atoms with Crippen LogP contribution in [-0.4, -0.2) is 30.1 Å². The molecule has 0 aromatic heterocycles. The van der Waals surface area contributed by atoms with E-state index in [-0.39, 0.29) is 0 Å². The summed E-state index contributed by atoms with van der Waals surface area (Å²) in [6, 6.07) is 22.9. The molecule has 0 radical (unpaired) electrons. The van der Waals surface area contributed by atoms with Crippen molar-refractivity contribution in [3.8, 4) is 0 Å². The highest BCUT2D eigenvalue weighted by Gasteiger charge is 2.30. The molecule has 0 bridgehead atoms. The highest BCUT2D eigenvalue weighted by molar-refractivity contribution is 5.23. The van der Waals surface area contributed by atoms with Gasteiger partial charge in [0.15, 0.2) is 0 Å². The van der Waals surface area contributed by atoms with Crippen molar-refractivity contribution in [3.63, 3.8) is 0 Å². The molecule has 2 aromatic rings. The van der Waals surface area contributed by atoms with E-state index in [2.05, 4.69) is 84.7 Å². The third kappa shape index (κ3) is 4.43. The molecule has 23 heavy (non-hydrogen) atoms. The second-order valence-electron chi connectivity index (χ2n) is 6.95. The van der Waals surface area contributed by atoms with Crippen LogP contribution in [0, 0.1) is 0 Å². The molecule has 0 aliphatic carbocycles. The Morgan fingerprint density at radius 1 is 1.00 bits per heavy atom. The van der Waals surface area contributed by atoms with E-state index in [0.717, 1.165) is 13.1 Å². The Bertz CT molecular complexity index is 579. The molecule has 1 N–H and O–H groups in total. The summed E-state index contributed by atoms with van der Waals surface area (Å²) in [5.74, 6) is 0.616. The van der Waals surface area contributed by atoms with Crippen LogP contribution in [0.2, 0.25) is 0 Å². The van der Waals surface area contributed by atoms with Crippen molar-refractivity contribution in [2.45, 2.75) is 44.8 Å². The average Bonchev–Trinajstić information content (AvgIpc) is 2.56. The lowest BCUT2D eigenvalue weighted by atomic mass is 9.84. The van der Waals surface area contributed by atoms with Crippen LogP contribution >= 0.6 is 0 Å². The Morgan fingerprint density at radius 3 is 2.30 bits per heavy atom. The van der Waals surface area contributed by atoms with Gasteiger partial charge < -0.3 is 5.32 Å². The van der Waals surface area contributed by atoms with Crippen molar-refractivity contribution >= 4 is 0 Å². The summed E-state index contributed by atoms with van der Waals surface area (Å²) in [6.45, 7) is 7.84. The smallest absolute Gasteiger partial charge is 0.0266 e. The van der Waals surface area contributed by atoms with Crippen molar-refractivity contribution < 1.29 is 0 Å². The Labute approximate surface area is 140 Å². The van der Waals surface area contributed by atoms with Gasteiger partial charge in [-0.2, -0.15) is 0 Å². The Hall–Kier alpha value is -1.64. The van der Waals surface area contributed by atoms with E-state index in [9.17, 15) is 0 Å². The molecule has 1 fully saturated rings. The zero-order chi connectivity index (χ0) is 16.1. The van der Waals surface area contributed by atoms with E-state index in [0.29, 0.717) is 18.0 Å². The summed E-state index contributed by atoms with van der Waals surface area (Å²) < 4.78 is 0. The summed E-state index contributed by atoms with van der Waals surface area (Å²) >= 11 is 0. The van der Waals surface area contributed by atoms with Crippen LogP contribution in [0.25, 0.3) is 0 Å². The number of rotatable bonds is 5. The van der Waals surface area contributed by atoms with Crippen molar-refractivity contribution in [1.29, 1.82) is 0 Å². The number of hydrogen-bond donors (Lipinski definition) is 1. The fourth-order valence-electron chi connectivity index (χ4n) is 3.70. The van der Waals surface area contributed by atoms with Gasteiger partial charge in [-0.05, 0) is 24.1 Å². The highest BCUT2D eigenvalue weighted by Crippen LogP contribution is 2.29. The van der Waals surface area contributed by atoms with Crippen LogP contribution in [0.3, 0.4) is 0 Å². The fourth-order valence-corrected chi connectivity index (χ4v) is 3.70. The largest absolute Gasteiger partial charge is 0.310 e. The number of benzene rings is 2. The first-order valence-electron chi connectivity index (χ1n) is 8.79. The third-order valence-corrected chi connectivity index (χ3v) is 4.72. The van der Waals surface area contributed by atoms with Crippen LogP contribution < -0.4 is 5.32 Å². The first-order chi connectivity index (χ1) is 11.2. The average molecular weight is 308 g/mol. The summed E-state index contributed by atoms with van der Waals surface area (Å²) in [5, 5.41) is 3.80. The van der Waals surface area contributed by atoms with E-state index >= 15 is 0 Å². The fraction of sp³-hybridized carbons (Fsp3) is 0.429. The number of nitrogens with one attached hydrogen (secondary N) is 1. The number of likely N-dealkylation sites (tertiary alicyclic amines) is 1. The second-order valence-corrected chi connectivity index (χ2v) is 6.95. The summed E-state index contributed by atoms with van der Waals surface area (Å²) in [6.07, 6.45) is 1.22. The lowest BCUT2D eigenvalue weighted by molar-refractivity contribution is 0.159. The van der Waals surface area contributed by atoms with Gasteiger partial charge in [0, 0.05) is 31.1 Å². The van der Waals surface area contributed by atoms with Gasteiger partial charge in [-0.15, -0.1) is 0 Å². The van der Waals surface area contributed by atoms with Gasteiger partial charge in [0.05, 0.1) is 0 Å². The van der Waals surface area contributed by atoms with Crippen LogP contribution in [0.4, 0.5) is 0 Å². The molecule has 1 unspecified atom stereocenters. The number of hydrogen-bond acceptors (Lipinski definition) is 2. The molecule has 0 amide bonds. The normalized spacial score (nSPS) is 22.4. The van der Waals surface area contributed by atoms with E-state index < -0.39 is 0 Å². The van der Waals surface area contributed by atoms with E-state index in [1.165, 1.54) is 24.1 Å². The van der Waals surface area contributed by atoms with E-state index in [1.807, 2.05) is 0 Å². The molecule has 0 spiro atoms. The van der Waals surface area contributed by atoms with Gasteiger partial charge in [-0.3, -0.25) is 4.90 Å². The minimum atomic E-state index is 0.517. The predicted molar refractivity (Wildman–Crippen MR) is 97.6 cm³/mol. The van der Waals surface area contributed by atoms with Crippen LogP contribution in [0.15, 0.2) is 60.7 Å². The first-order valence-corrected chi connectivity index (χ1v) is 8.79. The van der Waals surface area contributed by atoms with Crippen molar-refractivity contribution in [1.82, 2.24) is 10.2 Å². The molecule has 2 heteroatoms. The summed E-state index contributed by atoms with van der Waals surface area (Å²) in [4.78, 5) is 2.59. The molecule has 2 atom stereocenters. The van der Waals surface area contributed by atoms with Gasteiger partial charge in [0.1, 0.15) is 0 Å². The topological polar surface area (TPSA) is 15.3 Å². The molecular weight excluding hydrogens is 280 g/mol. The maximum Gasteiger partial charge on any atom is 0.0266 e. The Morgan fingerprint density at radius 2 is 1.65 bits per heavy atom. The molecule has 1 saturated heterocycles. The molecule has 0 saturated carbocycles. The zero-order valence-electron chi connectivity index (χ0n) is 14.3. The minimum Gasteiger partial charge on any atom is -0.310 e. The molecule has 3 rings (SSSR count). The first kappa shape index (κ1) is 16.2. The third-order valence-electron chi connectivity index (χ3n) is 4.72. The Balaban J connectivity index is 1.70. The molecule has 122 valence electrons. The standard InChI is InChI=1S/C21H28N2/c1-17(2)22-21-16-23(15-18-9-5-3-6-10-18)14-13-20(21)19-11-7-4-8-12-19/h3-12,17,20-22H,13-16H2,1-2H3/t20?,21-/m0/s1. The number of nitrogens with zero attached hydrogens (tertiary/aromatic N) is 1. The maximum atomic E-state index is 3.80. The molecule has 1 aliphatic rings. The van der Waals surface area contributed by atoms with Crippen molar-refractivity contribution in [2.24, 2.45) is 0 Å². The van der Waals surface area contributed by atoms with Crippen LogP contribution in [-0.2, 0) is 6.54 Å². The molecule has 2 aromatic carbocycles. The zero-order valence-corrected chi connectivity index (χ0v) is 14.3. The molecule has 1 heterocycles. The van der Waals surface area contributed by atoms with E-state index in [4.69, 9.17) is 0 Å². The second kappa shape index (κ2) is 7.76. The monoisotopic (exact) mass is 308 g/mol. The minimum absolute atomic E-state index is 0.517. The molecular formula is C21H28N2. The van der Waals surface area contributed by atoms with Gasteiger partial charge in [-0.25, -0.2) is 0 Å². The van der Waals surface area contributed by atoms with Crippen LogP contribution in [0.5, 0.6) is 0 Å². The predicted octanol–water partition coefficient (Wildman–Crippen LogP) is 4.04. The van der Waals surface area contributed by atoms with Crippen molar-refractivity contribution in [3.05, 3.63) is 71.8 Å². The lowest BCUT2D eigenvalue weighted by Crippen LogP contribution is -2.51. The molecule has 2 nitrogen and oxygen atoms in total. The van der Waals surface area contributed by atoms with Crippen LogP contribution in [0.1, 0.15) is 37.3 Å². The summed E-state index contributed by atoms with van der Waals surface area (Å²) in [5.41, 5.74) is 2.89. The SMILES string of the molecule is CC(C)N[C@H]1CN(Cc2ccccc2)CCC1c1ccccc1. The number of piperidine rings is 1. The van der Waals surface area contributed by atoms with Gasteiger partial charge in [-0.1, -0.05) is 74.5 Å². The lowest BCUT2D eigenvalue weighted by Gasteiger charge is -2.40.